The average molecular weight is 203 g/mol. The van der Waals surface area contributed by atoms with Crippen LogP contribution in [0.2, 0.25) is 0 Å². The first-order valence-electron chi connectivity index (χ1n) is 3.47. The van der Waals surface area contributed by atoms with Crippen LogP contribution in [0.4, 0.5) is 11.4 Å². The van der Waals surface area contributed by atoms with Crippen molar-refractivity contribution in [2.45, 2.75) is 0 Å². The summed E-state index contributed by atoms with van der Waals surface area (Å²) in [6.45, 7) is 0. The molecule has 13 heavy (non-hydrogen) atoms. The molecule has 0 amide bonds. The van der Waals surface area contributed by atoms with Gasteiger partial charge in [-0.05, 0) is 6.07 Å². The number of nitrogens with zero attached hydrogens (tertiary/aromatic N) is 1. The highest BCUT2D eigenvalue weighted by molar-refractivity contribution is 7.51. The van der Waals surface area contributed by atoms with Crippen molar-refractivity contribution in [1.82, 2.24) is 4.98 Å². The highest BCUT2D eigenvalue weighted by Crippen LogP contribution is 2.34. The standard InChI is InChI=1S/C6H10N3O3P/c7-5-3-8-2-1-6(5)9-4-13(10,11)12/h1-3H,4,7H2,(H,8,9)(H2,10,11,12). The van der Waals surface area contributed by atoms with Crippen molar-refractivity contribution in [2.24, 2.45) is 0 Å². The van der Waals surface area contributed by atoms with Crippen molar-refractivity contribution < 1.29 is 14.4 Å². The van der Waals surface area contributed by atoms with Crippen LogP contribution in [0.3, 0.4) is 0 Å². The molecule has 1 rings (SSSR count). The van der Waals surface area contributed by atoms with E-state index in [9.17, 15) is 4.57 Å². The van der Waals surface area contributed by atoms with E-state index in [2.05, 4.69) is 10.3 Å². The molecular weight excluding hydrogens is 193 g/mol. The highest BCUT2D eigenvalue weighted by atomic mass is 31.2. The normalized spacial score (nSPS) is 11.2. The molecule has 5 N–H and O–H groups in total. The van der Waals surface area contributed by atoms with Gasteiger partial charge in [0.25, 0.3) is 0 Å². The van der Waals surface area contributed by atoms with Crippen molar-refractivity contribution in [3.63, 3.8) is 0 Å². The Morgan fingerprint density at radius 1 is 1.62 bits per heavy atom. The van der Waals surface area contributed by atoms with E-state index in [-0.39, 0.29) is 0 Å². The third kappa shape index (κ3) is 3.42. The molecule has 0 aliphatic carbocycles. The summed E-state index contributed by atoms with van der Waals surface area (Å²) < 4.78 is 10.5. The summed E-state index contributed by atoms with van der Waals surface area (Å²) >= 11 is 0. The minimum absolute atomic E-state index is 0.357. The number of anilines is 2. The summed E-state index contributed by atoms with van der Waals surface area (Å²) in [5, 5.41) is 2.52. The molecule has 0 saturated heterocycles. The Morgan fingerprint density at radius 3 is 2.85 bits per heavy atom. The van der Waals surface area contributed by atoms with E-state index in [1.807, 2.05) is 0 Å². The van der Waals surface area contributed by atoms with Gasteiger partial charge in [-0.15, -0.1) is 0 Å². The fourth-order valence-corrected chi connectivity index (χ4v) is 1.13. The lowest BCUT2D eigenvalue weighted by atomic mass is 10.3. The summed E-state index contributed by atoms with van der Waals surface area (Å²) in [5.74, 6) is 0. The molecule has 6 nitrogen and oxygen atoms in total. The molecular formula is C6H10N3O3P. The van der Waals surface area contributed by atoms with Gasteiger partial charge in [-0.3, -0.25) is 9.55 Å². The molecule has 72 valence electrons. The Morgan fingerprint density at radius 2 is 2.31 bits per heavy atom. The molecule has 0 unspecified atom stereocenters. The lowest BCUT2D eigenvalue weighted by Gasteiger charge is -2.08. The fourth-order valence-electron chi connectivity index (χ4n) is 0.756. The van der Waals surface area contributed by atoms with Gasteiger partial charge in [-0.1, -0.05) is 0 Å². The van der Waals surface area contributed by atoms with E-state index >= 15 is 0 Å². The van der Waals surface area contributed by atoms with Gasteiger partial charge < -0.3 is 20.8 Å². The molecule has 1 heterocycles. The van der Waals surface area contributed by atoms with Crippen LogP contribution in [0.1, 0.15) is 0 Å². The number of aromatic nitrogens is 1. The van der Waals surface area contributed by atoms with Crippen LogP contribution in [-0.2, 0) is 4.57 Å². The molecule has 7 heteroatoms. The zero-order chi connectivity index (χ0) is 9.90. The van der Waals surface area contributed by atoms with E-state index in [1.165, 1.54) is 12.4 Å². The van der Waals surface area contributed by atoms with Crippen LogP contribution in [0, 0.1) is 0 Å². The van der Waals surface area contributed by atoms with Crippen molar-refractivity contribution in [3.05, 3.63) is 18.5 Å². The summed E-state index contributed by atoms with van der Waals surface area (Å²) in [6.07, 6.45) is 2.46. The number of nitrogens with one attached hydrogen (secondary N) is 1. The Balaban J connectivity index is 2.65. The van der Waals surface area contributed by atoms with Gasteiger partial charge in [0, 0.05) is 6.20 Å². The predicted octanol–water partition coefficient (Wildman–Crippen LogP) is 0.211. The van der Waals surface area contributed by atoms with Crippen LogP contribution >= 0.6 is 7.60 Å². The van der Waals surface area contributed by atoms with Crippen LogP contribution < -0.4 is 11.1 Å². The molecule has 0 aliphatic heterocycles. The smallest absolute Gasteiger partial charge is 0.344 e. The van der Waals surface area contributed by atoms with Crippen LogP contribution in [0.15, 0.2) is 18.5 Å². The molecule has 0 saturated carbocycles. The largest absolute Gasteiger partial charge is 0.396 e. The molecule has 0 bridgehead atoms. The highest BCUT2D eigenvalue weighted by Gasteiger charge is 2.12. The third-order valence-electron chi connectivity index (χ3n) is 1.33. The predicted molar refractivity (Wildman–Crippen MR) is 49.2 cm³/mol. The van der Waals surface area contributed by atoms with Gasteiger partial charge in [0.1, 0.15) is 6.29 Å². The maximum absolute atomic E-state index is 10.5. The van der Waals surface area contributed by atoms with Gasteiger partial charge in [0.05, 0.1) is 17.6 Å². The second-order valence-corrected chi connectivity index (χ2v) is 4.11. The van der Waals surface area contributed by atoms with Gasteiger partial charge in [-0.2, -0.15) is 0 Å². The second kappa shape index (κ2) is 3.74. The average Bonchev–Trinajstić information content (AvgIpc) is 2.01. The first-order valence-corrected chi connectivity index (χ1v) is 5.27. The monoisotopic (exact) mass is 203 g/mol. The topological polar surface area (TPSA) is 108 Å². The van der Waals surface area contributed by atoms with Gasteiger partial charge in [-0.25, -0.2) is 0 Å². The Labute approximate surface area is 75.0 Å². The lowest BCUT2D eigenvalue weighted by molar-refractivity contribution is 0.375. The quantitative estimate of drug-likeness (QED) is 0.523. The molecule has 0 atom stereocenters. The molecule has 0 aromatic carbocycles. The summed E-state index contributed by atoms with van der Waals surface area (Å²) in [5.41, 5.74) is 6.30. The number of hydrogen-bond donors (Lipinski definition) is 4. The molecule has 0 radical (unpaired) electrons. The fraction of sp³-hybridized carbons (Fsp3) is 0.167. The van der Waals surface area contributed by atoms with Gasteiger partial charge >= 0.3 is 7.60 Å². The van der Waals surface area contributed by atoms with E-state index in [1.54, 1.807) is 6.07 Å². The molecule has 0 aliphatic rings. The van der Waals surface area contributed by atoms with Gasteiger partial charge in [0.15, 0.2) is 0 Å². The molecule has 0 spiro atoms. The number of rotatable bonds is 3. The first-order chi connectivity index (χ1) is 5.99. The molecule has 1 aromatic rings. The maximum atomic E-state index is 10.5. The number of nitrogens with two attached hydrogens (primary N) is 1. The van der Waals surface area contributed by atoms with Crippen molar-refractivity contribution in [1.29, 1.82) is 0 Å². The van der Waals surface area contributed by atoms with E-state index in [0.29, 0.717) is 11.4 Å². The maximum Gasteiger partial charge on any atom is 0.344 e. The Kier molecular flexibility index (Phi) is 2.87. The number of nitrogen functional groups attached to an aromatic ring is 1. The number of pyridine rings is 1. The van der Waals surface area contributed by atoms with E-state index in [0.717, 1.165) is 0 Å². The SMILES string of the molecule is Nc1cnccc1NCP(=O)(O)O. The summed E-state index contributed by atoms with van der Waals surface area (Å²) in [6, 6.07) is 1.55. The number of hydrogen-bond acceptors (Lipinski definition) is 4. The first kappa shape index (κ1) is 9.98. The Hall–Kier alpha value is -1.10. The summed E-state index contributed by atoms with van der Waals surface area (Å²) in [4.78, 5) is 20.9. The molecule has 0 fully saturated rings. The minimum Gasteiger partial charge on any atom is -0.396 e. The minimum atomic E-state index is -4.04. The van der Waals surface area contributed by atoms with Gasteiger partial charge in [0.2, 0.25) is 0 Å². The van der Waals surface area contributed by atoms with E-state index in [4.69, 9.17) is 15.5 Å². The zero-order valence-electron chi connectivity index (χ0n) is 6.71. The lowest BCUT2D eigenvalue weighted by Crippen LogP contribution is -2.04. The van der Waals surface area contributed by atoms with Crippen molar-refractivity contribution >= 4 is 19.0 Å². The molecule has 1 aromatic heterocycles. The van der Waals surface area contributed by atoms with Crippen LogP contribution in [-0.4, -0.2) is 21.1 Å². The van der Waals surface area contributed by atoms with Crippen molar-refractivity contribution in [2.75, 3.05) is 17.3 Å². The van der Waals surface area contributed by atoms with Crippen LogP contribution in [0.25, 0.3) is 0 Å². The van der Waals surface area contributed by atoms with E-state index < -0.39 is 13.9 Å². The zero-order valence-corrected chi connectivity index (χ0v) is 7.61. The van der Waals surface area contributed by atoms with Crippen molar-refractivity contribution in [3.8, 4) is 0 Å². The Bertz CT molecular complexity index is 338. The van der Waals surface area contributed by atoms with Crippen LogP contribution in [0.5, 0.6) is 0 Å². The summed E-state index contributed by atoms with van der Waals surface area (Å²) in [7, 11) is -4.04. The third-order valence-corrected chi connectivity index (χ3v) is 1.90. The second-order valence-electron chi connectivity index (χ2n) is 2.46.